The summed E-state index contributed by atoms with van der Waals surface area (Å²) in [7, 11) is 0. The molecule has 0 saturated heterocycles. The van der Waals surface area contributed by atoms with E-state index in [0.29, 0.717) is 5.92 Å². The van der Waals surface area contributed by atoms with Crippen molar-refractivity contribution >= 4 is 11.7 Å². The van der Waals surface area contributed by atoms with E-state index < -0.39 is 6.04 Å². The van der Waals surface area contributed by atoms with Crippen LogP contribution in [0, 0.1) is 5.92 Å². The van der Waals surface area contributed by atoms with Crippen LogP contribution in [0.5, 0.6) is 0 Å². The molecule has 0 radical (unpaired) electrons. The van der Waals surface area contributed by atoms with Gasteiger partial charge >= 0.3 is 5.97 Å². The van der Waals surface area contributed by atoms with E-state index in [0.717, 1.165) is 43.4 Å². The normalized spacial score (nSPS) is 13.2. The number of ether oxygens (including phenoxy) is 1. The Morgan fingerprint density at radius 2 is 1.44 bits per heavy atom. The second-order valence-electron chi connectivity index (χ2n) is 7.08. The third-order valence-corrected chi connectivity index (χ3v) is 4.97. The van der Waals surface area contributed by atoms with E-state index in [4.69, 9.17) is 4.74 Å². The number of hydrogen-bond donors (Lipinski definition) is 1. The monoisotopic (exact) mass is 367 g/mol. The van der Waals surface area contributed by atoms with Crippen LogP contribution in [0.25, 0.3) is 0 Å². The number of benzene rings is 2. The summed E-state index contributed by atoms with van der Waals surface area (Å²) < 4.78 is 6.05. The fraction of sp³-hybridized carbons (Fsp3) is 0.458. The number of anilines is 1. The van der Waals surface area contributed by atoms with Crippen LogP contribution in [0.15, 0.2) is 60.7 Å². The van der Waals surface area contributed by atoms with E-state index in [-0.39, 0.29) is 12.1 Å². The molecule has 0 heterocycles. The van der Waals surface area contributed by atoms with E-state index in [2.05, 4.69) is 26.1 Å². The first-order valence-corrected chi connectivity index (χ1v) is 10.3. The minimum Gasteiger partial charge on any atom is -0.460 e. The highest BCUT2D eigenvalue weighted by molar-refractivity contribution is 5.81. The minimum absolute atomic E-state index is 0.0267. The minimum atomic E-state index is -0.508. The number of hydrogen-bond acceptors (Lipinski definition) is 3. The zero-order valence-corrected chi connectivity index (χ0v) is 16.9. The van der Waals surface area contributed by atoms with Gasteiger partial charge in [-0.3, -0.25) is 0 Å². The van der Waals surface area contributed by atoms with E-state index in [1.165, 1.54) is 0 Å². The van der Waals surface area contributed by atoms with Crippen LogP contribution in [0.1, 0.15) is 64.5 Å². The Hall–Kier alpha value is -2.29. The van der Waals surface area contributed by atoms with Gasteiger partial charge < -0.3 is 10.1 Å². The van der Waals surface area contributed by atoms with Crippen LogP contribution < -0.4 is 5.32 Å². The Kier molecular flexibility index (Phi) is 8.90. The summed E-state index contributed by atoms with van der Waals surface area (Å²) in [6.45, 7) is 6.50. The van der Waals surface area contributed by atoms with Gasteiger partial charge in [-0.05, 0) is 42.9 Å². The highest BCUT2D eigenvalue weighted by atomic mass is 16.5. The van der Waals surface area contributed by atoms with Crippen molar-refractivity contribution < 1.29 is 9.53 Å². The van der Waals surface area contributed by atoms with Gasteiger partial charge in [0.1, 0.15) is 6.10 Å². The smallest absolute Gasteiger partial charge is 0.333 e. The molecule has 0 aromatic heterocycles. The molecule has 0 bridgehead atoms. The fourth-order valence-electron chi connectivity index (χ4n) is 3.61. The van der Waals surface area contributed by atoms with Crippen molar-refractivity contribution in [2.24, 2.45) is 5.92 Å². The van der Waals surface area contributed by atoms with E-state index >= 15 is 0 Å². The molecule has 3 nitrogen and oxygen atoms in total. The molecule has 146 valence electrons. The van der Waals surface area contributed by atoms with Crippen LogP contribution in [-0.2, 0) is 9.53 Å². The average molecular weight is 368 g/mol. The summed E-state index contributed by atoms with van der Waals surface area (Å²) in [6.07, 6.45) is 5.25. The molecule has 2 rings (SSSR count). The molecule has 0 saturated carbocycles. The molecule has 2 atom stereocenters. The predicted molar refractivity (Wildman–Crippen MR) is 113 cm³/mol. The van der Waals surface area contributed by atoms with Crippen molar-refractivity contribution in [1.82, 2.24) is 0 Å². The lowest BCUT2D eigenvalue weighted by molar-refractivity contribution is -0.153. The first kappa shape index (κ1) is 21.0. The highest BCUT2D eigenvalue weighted by Crippen LogP contribution is 2.27. The number of rotatable bonds is 11. The number of esters is 1. The largest absolute Gasteiger partial charge is 0.460 e. The van der Waals surface area contributed by atoms with Crippen LogP contribution in [0.4, 0.5) is 5.69 Å². The SMILES string of the molecule is CCCC(CCC)[C@H](CC)OC(=O)[C@@H](Nc1ccccc1)c1ccccc1. The molecule has 0 unspecified atom stereocenters. The zero-order chi connectivity index (χ0) is 19.5. The summed E-state index contributed by atoms with van der Waals surface area (Å²) in [5, 5.41) is 3.35. The molecule has 3 heteroatoms. The van der Waals surface area contributed by atoms with Gasteiger partial charge in [0.25, 0.3) is 0 Å². The molecule has 0 spiro atoms. The average Bonchev–Trinajstić information content (AvgIpc) is 2.71. The van der Waals surface area contributed by atoms with E-state index in [9.17, 15) is 4.79 Å². The van der Waals surface area contributed by atoms with Gasteiger partial charge in [0.15, 0.2) is 6.04 Å². The molecule has 2 aromatic carbocycles. The first-order chi connectivity index (χ1) is 13.2. The molecule has 0 amide bonds. The maximum Gasteiger partial charge on any atom is 0.333 e. The van der Waals surface area contributed by atoms with Gasteiger partial charge in [-0.2, -0.15) is 0 Å². The third-order valence-electron chi connectivity index (χ3n) is 4.97. The molecular formula is C24H33NO2. The third kappa shape index (κ3) is 6.42. The molecule has 0 aliphatic heterocycles. The van der Waals surface area contributed by atoms with Crippen molar-refractivity contribution in [2.45, 2.75) is 65.0 Å². The van der Waals surface area contributed by atoms with Gasteiger partial charge in [0.05, 0.1) is 0 Å². The summed E-state index contributed by atoms with van der Waals surface area (Å²) in [5.41, 5.74) is 1.83. The Bertz CT molecular complexity index is 651. The Morgan fingerprint density at radius 3 is 1.96 bits per heavy atom. The first-order valence-electron chi connectivity index (χ1n) is 10.3. The fourth-order valence-corrected chi connectivity index (χ4v) is 3.61. The Labute approximate surface area is 164 Å². The summed E-state index contributed by atoms with van der Waals surface area (Å²) >= 11 is 0. The zero-order valence-electron chi connectivity index (χ0n) is 16.9. The Balaban J connectivity index is 2.19. The van der Waals surface area contributed by atoms with Crippen molar-refractivity contribution in [1.29, 1.82) is 0 Å². The van der Waals surface area contributed by atoms with Crippen molar-refractivity contribution in [3.05, 3.63) is 66.2 Å². The quantitative estimate of drug-likeness (QED) is 0.468. The number of carbonyl (C=O) groups excluding carboxylic acids is 1. The number of carbonyl (C=O) groups is 1. The van der Waals surface area contributed by atoms with E-state index in [1.54, 1.807) is 0 Å². The summed E-state index contributed by atoms with van der Waals surface area (Å²) in [4.78, 5) is 13.1. The van der Waals surface area contributed by atoms with Gasteiger partial charge in [-0.25, -0.2) is 4.79 Å². The second kappa shape index (κ2) is 11.4. The number of nitrogens with one attached hydrogen (secondary N) is 1. The standard InChI is InChI=1S/C24H33NO2/c1-4-13-19(14-5-2)22(6-3)27-24(26)23(20-15-9-7-10-16-20)25-21-17-11-8-12-18-21/h7-12,15-19,22-23,25H,4-6,13-14H2,1-3H3/t22-,23-/m0/s1. The van der Waals surface area contributed by atoms with Gasteiger partial charge in [-0.15, -0.1) is 0 Å². The van der Waals surface area contributed by atoms with Gasteiger partial charge in [0.2, 0.25) is 0 Å². The molecule has 2 aromatic rings. The molecule has 27 heavy (non-hydrogen) atoms. The molecule has 0 aliphatic carbocycles. The van der Waals surface area contributed by atoms with Crippen LogP contribution in [-0.4, -0.2) is 12.1 Å². The van der Waals surface area contributed by atoms with Crippen molar-refractivity contribution in [3.63, 3.8) is 0 Å². The van der Waals surface area contributed by atoms with Gasteiger partial charge in [0, 0.05) is 5.69 Å². The summed E-state index contributed by atoms with van der Waals surface area (Å²) in [5.74, 6) is 0.233. The lowest BCUT2D eigenvalue weighted by atomic mass is 9.91. The molecule has 0 fully saturated rings. The van der Waals surface area contributed by atoms with Crippen molar-refractivity contribution in [3.8, 4) is 0 Å². The van der Waals surface area contributed by atoms with Crippen molar-refractivity contribution in [2.75, 3.05) is 5.32 Å². The topological polar surface area (TPSA) is 38.3 Å². The number of para-hydroxylation sites is 1. The van der Waals surface area contributed by atoms with Crippen LogP contribution in [0.3, 0.4) is 0 Å². The van der Waals surface area contributed by atoms with Crippen LogP contribution in [0.2, 0.25) is 0 Å². The lowest BCUT2D eigenvalue weighted by Gasteiger charge is -2.28. The second-order valence-corrected chi connectivity index (χ2v) is 7.08. The maximum atomic E-state index is 13.1. The molecule has 1 N–H and O–H groups in total. The summed E-state index contributed by atoms with van der Waals surface area (Å²) in [6, 6.07) is 19.1. The maximum absolute atomic E-state index is 13.1. The lowest BCUT2D eigenvalue weighted by Crippen LogP contribution is -2.31. The van der Waals surface area contributed by atoms with Crippen LogP contribution >= 0.6 is 0 Å². The predicted octanol–water partition coefficient (Wildman–Crippen LogP) is 6.38. The van der Waals surface area contributed by atoms with E-state index in [1.807, 2.05) is 60.7 Å². The molecular weight excluding hydrogens is 334 g/mol. The van der Waals surface area contributed by atoms with Gasteiger partial charge in [-0.1, -0.05) is 82.1 Å². The highest BCUT2D eigenvalue weighted by Gasteiger charge is 2.28. The Morgan fingerprint density at radius 1 is 0.889 bits per heavy atom. The molecule has 0 aliphatic rings.